The molecule has 2 nitrogen and oxygen atoms in total. The molecular weight excluding hydrogens is 246 g/mol. The van der Waals surface area contributed by atoms with Crippen LogP contribution in [0.2, 0.25) is 0 Å². The van der Waals surface area contributed by atoms with Gasteiger partial charge in [0.05, 0.1) is 5.60 Å². The van der Waals surface area contributed by atoms with Gasteiger partial charge in [0.15, 0.2) is 0 Å². The van der Waals surface area contributed by atoms with Gasteiger partial charge in [0.2, 0.25) is 0 Å². The minimum absolute atomic E-state index is 0.0952. The van der Waals surface area contributed by atoms with Crippen molar-refractivity contribution in [1.29, 1.82) is 0 Å². The fraction of sp³-hybridized carbons (Fsp3) is 0.667. The Balaban J connectivity index is 1.75. The standard InChI is InChI=1S/C18H29NO/c1-16-10-12-18(13-11-16,15-19-2)20-14-6-9-17-7-4-3-5-8-17/h3-5,7-8,16,19H,6,9-15H2,1-2H3. The maximum absolute atomic E-state index is 6.32. The van der Waals surface area contributed by atoms with Gasteiger partial charge in [0.25, 0.3) is 0 Å². The van der Waals surface area contributed by atoms with E-state index >= 15 is 0 Å². The Morgan fingerprint density at radius 1 is 1.20 bits per heavy atom. The topological polar surface area (TPSA) is 21.3 Å². The van der Waals surface area contributed by atoms with Crippen molar-refractivity contribution in [2.75, 3.05) is 20.2 Å². The molecule has 1 aromatic carbocycles. The zero-order chi connectivity index (χ0) is 14.3. The molecule has 1 aliphatic carbocycles. The lowest BCUT2D eigenvalue weighted by Crippen LogP contribution is -2.45. The molecular formula is C18H29NO. The highest BCUT2D eigenvalue weighted by atomic mass is 16.5. The molecule has 0 radical (unpaired) electrons. The van der Waals surface area contributed by atoms with Gasteiger partial charge in [-0.15, -0.1) is 0 Å². The average Bonchev–Trinajstić information content (AvgIpc) is 2.48. The van der Waals surface area contributed by atoms with Crippen LogP contribution in [0.15, 0.2) is 30.3 Å². The number of aryl methyl sites for hydroxylation is 1. The SMILES string of the molecule is CNCC1(OCCCc2ccccc2)CCC(C)CC1. The minimum atomic E-state index is 0.0952. The first-order valence-electron chi connectivity index (χ1n) is 8.07. The van der Waals surface area contributed by atoms with E-state index < -0.39 is 0 Å². The van der Waals surface area contributed by atoms with Gasteiger partial charge in [0, 0.05) is 13.2 Å². The quantitative estimate of drug-likeness (QED) is 0.764. The Labute approximate surface area is 123 Å². The van der Waals surface area contributed by atoms with Crippen LogP contribution in [-0.4, -0.2) is 25.8 Å². The molecule has 1 aliphatic rings. The zero-order valence-corrected chi connectivity index (χ0v) is 13.0. The molecule has 2 heteroatoms. The third-order valence-electron chi connectivity index (χ3n) is 4.55. The average molecular weight is 275 g/mol. The summed E-state index contributed by atoms with van der Waals surface area (Å²) in [4.78, 5) is 0. The van der Waals surface area contributed by atoms with E-state index in [2.05, 4.69) is 42.6 Å². The van der Waals surface area contributed by atoms with Crippen LogP contribution in [-0.2, 0) is 11.2 Å². The molecule has 0 bridgehead atoms. The molecule has 0 atom stereocenters. The highest BCUT2D eigenvalue weighted by molar-refractivity contribution is 5.14. The molecule has 0 spiro atoms. The monoisotopic (exact) mass is 275 g/mol. The number of hydrogen-bond donors (Lipinski definition) is 1. The maximum atomic E-state index is 6.32. The summed E-state index contributed by atoms with van der Waals surface area (Å²) in [6.45, 7) is 4.23. The highest BCUT2D eigenvalue weighted by Crippen LogP contribution is 2.34. The first-order chi connectivity index (χ1) is 9.74. The van der Waals surface area contributed by atoms with E-state index in [4.69, 9.17) is 4.74 Å². The fourth-order valence-corrected chi connectivity index (χ4v) is 3.19. The minimum Gasteiger partial charge on any atom is -0.374 e. The van der Waals surface area contributed by atoms with Crippen molar-refractivity contribution in [2.45, 2.75) is 51.0 Å². The number of hydrogen-bond acceptors (Lipinski definition) is 2. The van der Waals surface area contributed by atoms with Crippen LogP contribution < -0.4 is 5.32 Å². The van der Waals surface area contributed by atoms with Gasteiger partial charge in [-0.25, -0.2) is 0 Å². The summed E-state index contributed by atoms with van der Waals surface area (Å²) < 4.78 is 6.32. The molecule has 0 amide bonds. The summed E-state index contributed by atoms with van der Waals surface area (Å²) >= 11 is 0. The zero-order valence-electron chi connectivity index (χ0n) is 13.0. The Morgan fingerprint density at radius 2 is 1.90 bits per heavy atom. The van der Waals surface area contributed by atoms with Crippen LogP contribution in [0.1, 0.15) is 44.6 Å². The molecule has 0 saturated heterocycles. The van der Waals surface area contributed by atoms with Gasteiger partial charge < -0.3 is 10.1 Å². The van der Waals surface area contributed by atoms with Gasteiger partial charge >= 0.3 is 0 Å². The molecule has 1 aromatic rings. The molecule has 20 heavy (non-hydrogen) atoms. The predicted octanol–water partition coefficient (Wildman–Crippen LogP) is 3.80. The Hall–Kier alpha value is -0.860. The largest absolute Gasteiger partial charge is 0.374 e. The molecule has 112 valence electrons. The molecule has 0 aromatic heterocycles. The van der Waals surface area contributed by atoms with Crippen LogP contribution in [0.3, 0.4) is 0 Å². The van der Waals surface area contributed by atoms with E-state index in [1.165, 1.54) is 31.2 Å². The van der Waals surface area contributed by atoms with Crippen LogP contribution >= 0.6 is 0 Å². The van der Waals surface area contributed by atoms with Crippen molar-refractivity contribution in [3.05, 3.63) is 35.9 Å². The van der Waals surface area contributed by atoms with Crippen molar-refractivity contribution in [1.82, 2.24) is 5.32 Å². The van der Waals surface area contributed by atoms with Crippen molar-refractivity contribution >= 4 is 0 Å². The van der Waals surface area contributed by atoms with Crippen LogP contribution in [0, 0.1) is 5.92 Å². The van der Waals surface area contributed by atoms with E-state index in [1.54, 1.807) is 0 Å². The number of benzene rings is 1. The predicted molar refractivity (Wildman–Crippen MR) is 85.0 cm³/mol. The summed E-state index contributed by atoms with van der Waals surface area (Å²) in [6, 6.07) is 10.7. The Kier molecular flexibility index (Phi) is 6.06. The van der Waals surface area contributed by atoms with E-state index in [0.717, 1.165) is 31.9 Å². The second-order valence-corrected chi connectivity index (χ2v) is 6.33. The van der Waals surface area contributed by atoms with Crippen molar-refractivity contribution in [3.8, 4) is 0 Å². The third-order valence-corrected chi connectivity index (χ3v) is 4.55. The first-order valence-corrected chi connectivity index (χ1v) is 8.07. The summed E-state index contributed by atoms with van der Waals surface area (Å²) in [5, 5.41) is 3.33. The number of ether oxygens (including phenoxy) is 1. The molecule has 0 aliphatic heterocycles. The molecule has 1 fully saturated rings. The van der Waals surface area contributed by atoms with E-state index in [0.29, 0.717) is 0 Å². The lowest BCUT2D eigenvalue weighted by atomic mass is 9.79. The van der Waals surface area contributed by atoms with Crippen LogP contribution in [0.25, 0.3) is 0 Å². The van der Waals surface area contributed by atoms with Crippen molar-refractivity contribution in [3.63, 3.8) is 0 Å². The van der Waals surface area contributed by atoms with Gasteiger partial charge in [-0.1, -0.05) is 37.3 Å². The Morgan fingerprint density at radius 3 is 2.55 bits per heavy atom. The number of rotatable bonds is 7. The summed E-state index contributed by atoms with van der Waals surface area (Å²) in [5.41, 5.74) is 1.51. The second kappa shape index (κ2) is 7.80. The lowest BCUT2D eigenvalue weighted by molar-refractivity contribution is -0.0748. The van der Waals surface area contributed by atoms with Crippen LogP contribution in [0.4, 0.5) is 0 Å². The Bertz CT molecular complexity index is 368. The van der Waals surface area contributed by atoms with Gasteiger partial charge in [-0.2, -0.15) is 0 Å². The summed E-state index contributed by atoms with van der Waals surface area (Å²) in [7, 11) is 2.03. The van der Waals surface area contributed by atoms with Gasteiger partial charge in [-0.05, 0) is 57.1 Å². The normalized spacial score (nSPS) is 26.6. The molecule has 1 N–H and O–H groups in total. The molecule has 0 heterocycles. The van der Waals surface area contributed by atoms with Crippen molar-refractivity contribution in [2.24, 2.45) is 5.92 Å². The summed E-state index contributed by atoms with van der Waals surface area (Å²) in [6.07, 6.45) is 7.26. The second-order valence-electron chi connectivity index (χ2n) is 6.33. The van der Waals surface area contributed by atoms with Gasteiger partial charge in [0.1, 0.15) is 0 Å². The van der Waals surface area contributed by atoms with Gasteiger partial charge in [-0.3, -0.25) is 0 Å². The number of likely N-dealkylation sites (N-methyl/N-ethyl adjacent to an activating group) is 1. The molecule has 1 saturated carbocycles. The van der Waals surface area contributed by atoms with Crippen molar-refractivity contribution < 1.29 is 4.74 Å². The lowest BCUT2D eigenvalue weighted by Gasteiger charge is -2.39. The molecule has 0 unspecified atom stereocenters. The first kappa shape index (κ1) is 15.5. The molecule has 2 rings (SSSR count). The van der Waals surface area contributed by atoms with E-state index in [9.17, 15) is 0 Å². The third kappa shape index (κ3) is 4.60. The summed E-state index contributed by atoms with van der Waals surface area (Å²) in [5.74, 6) is 0.868. The maximum Gasteiger partial charge on any atom is 0.0806 e. The van der Waals surface area contributed by atoms with Crippen LogP contribution in [0.5, 0.6) is 0 Å². The highest BCUT2D eigenvalue weighted by Gasteiger charge is 2.34. The number of nitrogens with one attached hydrogen (secondary N) is 1. The van der Waals surface area contributed by atoms with E-state index in [1.807, 2.05) is 7.05 Å². The smallest absolute Gasteiger partial charge is 0.0806 e. The van der Waals surface area contributed by atoms with E-state index in [-0.39, 0.29) is 5.60 Å². The fourth-order valence-electron chi connectivity index (χ4n) is 3.19.